The number of hydrogen-bond donors (Lipinski definition) is 2. The Morgan fingerprint density at radius 2 is 2.12 bits per heavy atom. The predicted octanol–water partition coefficient (Wildman–Crippen LogP) is 3.13. The molecule has 1 aromatic heterocycles. The zero-order valence-electron chi connectivity index (χ0n) is 14.4. The summed E-state index contributed by atoms with van der Waals surface area (Å²) in [4.78, 5) is 18.3. The van der Waals surface area contributed by atoms with Crippen molar-refractivity contribution < 1.29 is 9.90 Å². The highest BCUT2D eigenvalue weighted by molar-refractivity contribution is 6.35. The summed E-state index contributed by atoms with van der Waals surface area (Å²) in [5.74, 6) is 0.355. The Hall–Kier alpha value is -2.57. The van der Waals surface area contributed by atoms with Gasteiger partial charge in [-0.2, -0.15) is 0 Å². The molecule has 1 aliphatic heterocycles. The Kier molecular flexibility index (Phi) is 4.09. The maximum Gasteiger partial charge on any atom is 0.248 e. The summed E-state index contributed by atoms with van der Waals surface area (Å²) in [6, 6.07) is 9.04. The van der Waals surface area contributed by atoms with Crippen LogP contribution in [0.5, 0.6) is 0 Å². The van der Waals surface area contributed by atoms with Gasteiger partial charge in [0.2, 0.25) is 11.9 Å². The number of rotatable bonds is 3. The number of carbonyl (C=O) groups is 1. The van der Waals surface area contributed by atoms with E-state index in [4.69, 9.17) is 22.3 Å². The number of aliphatic hydroxyl groups excluding tert-OH is 1. The van der Waals surface area contributed by atoms with Crippen LogP contribution >= 0.6 is 11.6 Å². The van der Waals surface area contributed by atoms with Crippen LogP contribution in [0, 0.1) is 6.92 Å². The minimum Gasteiger partial charge on any atom is -0.392 e. The quantitative estimate of drug-likeness (QED) is 0.741. The molecule has 4 rings (SSSR count). The first kappa shape index (κ1) is 16.9. The van der Waals surface area contributed by atoms with Gasteiger partial charge in [-0.1, -0.05) is 17.7 Å². The molecule has 2 heterocycles. The maximum atomic E-state index is 11.4. The van der Waals surface area contributed by atoms with Gasteiger partial charge < -0.3 is 20.3 Å². The highest BCUT2D eigenvalue weighted by Gasteiger charge is 2.26. The summed E-state index contributed by atoms with van der Waals surface area (Å²) in [6.45, 7) is 3.51. The average molecular weight is 371 g/mol. The van der Waals surface area contributed by atoms with Crippen molar-refractivity contribution in [3.63, 3.8) is 0 Å². The van der Waals surface area contributed by atoms with E-state index in [1.54, 1.807) is 18.2 Å². The number of primary amides is 1. The molecule has 3 aromatic rings. The monoisotopic (exact) mass is 370 g/mol. The number of anilines is 2. The summed E-state index contributed by atoms with van der Waals surface area (Å²) >= 11 is 6.36. The SMILES string of the molecule is Cc1cc(C(N)=O)ccc1N1CCCn2c1nc1c(Cl)ccc(CO)c12. The number of aromatic nitrogens is 2. The van der Waals surface area contributed by atoms with Crippen LogP contribution in [0.2, 0.25) is 5.02 Å². The van der Waals surface area contributed by atoms with Crippen molar-refractivity contribution in [2.24, 2.45) is 5.73 Å². The molecule has 0 unspecified atom stereocenters. The molecule has 1 aliphatic rings. The Balaban J connectivity index is 1.90. The molecule has 0 fully saturated rings. The number of imidazole rings is 1. The van der Waals surface area contributed by atoms with Crippen molar-refractivity contribution in [2.75, 3.05) is 11.4 Å². The van der Waals surface area contributed by atoms with E-state index in [0.717, 1.165) is 47.8 Å². The van der Waals surface area contributed by atoms with Gasteiger partial charge in [0, 0.05) is 29.9 Å². The predicted molar refractivity (Wildman–Crippen MR) is 102 cm³/mol. The number of nitrogens with two attached hydrogens (primary N) is 1. The summed E-state index contributed by atoms with van der Waals surface area (Å²) < 4.78 is 2.11. The number of amides is 1. The maximum absolute atomic E-state index is 11.4. The van der Waals surface area contributed by atoms with Crippen molar-refractivity contribution in [3.05, 3.63) is 52.0 Å². The summed E-state index contributed by atoms with van der Waals surface area (Å²) in [5.41, 5.74) is 10.2. The van der Waals surface area contributed by atoms with Crippen LogP contribution in [0.3, 0.4) is 0 Å². The fraction of sp³-hybridized carbons (Fsp3) is 0.263. The van der Waals surface area contributed by atoms with E-state index < -0.39 is 5.91 Å². The van der Waals surface area contributed by atoms with Crippen LogP contribution in [0.15, 0.2) is 30.3 Å². The van der Waals surface area contributed by atoms with Crippen LogP contribution in [-0.2, 0) is 13.2 Å². The van der Waals surface area contributed by atoms with Gasteiger partial charge in [-0.15, -0.1) is 0 Å². The minimum absolute atomic E-state index is 0.0643. The number of aliphatic hydroxyl groups is 1. The number of benzene rings is 2. The van der Waals surface area contributed by atoms with Gasteiger partial charge in [0.05, 0.1) is 17.1 Å². The summed E-state index contributed by atoms with van der Waals surface area (Å²) in [6.07, 6.45) is 0.937. The minimum atomic E-state index is -0.440. The van der Waals surface area contributed by atoms with E-state index in [-0.39, 0.29) is 6.61 Å². The number of halogens is 1. The topological polar surface area (TPSA) is 84.4 Å². The number of fused-ring (bicyclic) bond motifs is 3. The second-order valence-corrected chi connectivity index (χ2v) is 6.90. The fourth-order valence-corrected chi connectivity index (χ4v) is 3.83. The third kappa shape index (κ3) is 2.53. The Labute approximate surface area is 155 Å². The van der Waals surface area contributed by atoms with E-state index in [0.29, 0.717) is 16.1 Å². The highest BCUT2D eigenvalue weighted by Crippen LogP contribution is 2.37. The molecule has 3 N–H and O–H groups in total. The summed E-state index contributed by atoms with van der Waals surface area (Å²) in [5, 5.41) is 10.3. The molecule has 0 saturated heterocycles. The van der Waals surface area contributed by atoms with E-state index in [2.05, 4.69) is 9.47 Å². The van der Waals surface area contributed by atoms with Crippen LogP contribution < -0.4 is 10.6 Å². The summed E-state index contributed by atoms with van der Waals surface area (Å²) in [7, 11) is 0. The van der Waals surface area contributed by atoms with Gasteiger partial charge in [-0.25, -0.2) is 4.98 Å². The standard InChI is InChI=1S/C19H19ClN4O2/c1-11-9-12(18(21)26)4-6-15(11)23-7-2-8-24-17-13(10-25)3-5-14(20)16(17)22-19(23)24/h3-6,9,25H,2,7-8,10H2,1H3,(H2,21,26). The lowest BCUT2D eigenvalue weighted by Gasteiger charge is -2.30. The van der Waals surface area contributed by atoms with Crippen molar-refractivity contribution in [3.8, 4) is 0 Å². The zero-order valence-corrected chi connectivity index (χ0v) is 15.1. The zero-order chi connectivity index (χ0) is 18.4. The molecular formula is C19H19ClN4O2. The van der Waals surface area contributed by atoms with Crippen molar-refractivity contribution >= 4 is 40.2 Å². The van der Waals surface area contributed by atoms with Gasteiger partial charge in [0.25, 0.3) is 0 Å². The van der Waals surface area contributed by atoms with Crippen molar-refractivity contribution in [1.29, 1.82) is 0 Å². The number of aryl methyl sites for hydroxylation is 2. The molecule has 0 atom stereocenters. The van der Waals surface area contributed by atoms with E-state index in [9.17, 15) is 9.90 Å². The molecule has 0 saturated carbocycles. The van der Waals surface area contributed by atoms with Crippen LogP contribution in [0.4, 0.5) is 11.6 Å². The molecule has 7 heteroatoms. The van der Waals surface area contributed by atoms with Crippen molar-refractivity contribution in [1.82, 2.24) is 9.55 Å². The molecule has 0 bridgehead atoms. The number of hydrogen-bond acceptors (Lipinski definition) is 4. The molecule has 6 nitrogen and oxygen atoms in total. The Morgan fingerprint density at radius 3 is 2.81 bits per heavy atom. The van der Waals surface area contributed by atoms with Crippen LogP contribution in [-0.4, -0.2) is 27.1 Å². The molecular weight excluding hydrogens is 352 g/mol. The Morgan fingerprint density at radius 1 is 1.31 bits per heavy atom. The molecule has 134 valence electrons. The Bertz CT molecular complexity index is 1030. The third-order valence-electron chi connectivity index (χ3n) is 4.86. The average Bonchev–Trinajstić information content (AvgIpc) is 3.03. The first-order chi connectivity index (χ1) is 12.5. The molecule has 0 spiro atoms. The first-order valence-corrected chi connectivity index (χ1v) is 8.85. The number of carbonyl (C=O) groups excluding carboxylic acids is 1. The van der Waals surface area contributed by atoms with Crippen molar-refractivity contribution in [2.45, 2.75) is 26.5 Å². The molecule has 2 aromatic carbocycles. The second kappa shape index (κ2) is 6.30. The molecule has 1 amide bonds. The van der Waals surface area contributed by atoms with Crippen LogP contribution in [0.25, 0.3) is 11.0 Å². The van der Waals surface area contributed by atoms with E-state index in [1.807, 2.05) is 19.1 Å². The van der Waals surface area contributed by atoms with Crippen LogP contribution in [0.1, 0.15) is 27.9 Å². The lowest BCUT2D eigenvalue weighted by molar-refractivity contribution is 0.1000. The van der Waals surface area contributed by atoms with E-state index >= 15 is 0 Å². The van der Waals surface area contributed by atoms with Gasteiger partial charge in [-0.05, 0) is 43.2 Å². The van der Waals surface area contributed by atoms with Gasteiger partial charge in [0.15, 0.2) is 0 Å². The smallest absolute Gasteiger partial charge is 0.248 e. The molecule has 0 aliphatic carbocycles. The number of nitrogens with zero attached hydrogens (tertiary/aromatic N) is 3. The third-order valence-corrected chi connectivity index (χ3v) is 5.16. The van der Waals surface area contributed by atoms with Gasteiger partial charge in [0.1, 0.15) is 5.52 Å². The normalized spacial score (nSPS) is 13.9. The first-order valence-electron chi connectivity index (χ1n) is 8.47. The molecule has 26 heavy (non-hydrogen) atoms. The molecule has 0 radical (unpaired) electrons. The van der Waals surface area contributed by atoms with E-state index in [1.165, 1.54) is 0 Å². The largest absolute Gasteiger partial charge is 0.392 e. The fourth-order valence-electron chi connectivity index (χ4n) is 3.64. The van der Waals surface area contributed by atoms with Gasteiger partial charge in [-0.3, -0.25) is 4.79 Å². The lowest BCUT2D eigenvalue weighted by atomic mass is 10.1. The highest BCUT2D eigenvalue weighted by atomic mass is 35.5. The second-order valence-electron chi connectivity index (χ2n) is 6.50. The lowest BCUT2D eigenvalue weighted by Crippen LogP contribution is -2.29. The van der Waals surface area contributed by atoms with Gasteiger partial charge >= 0.3 is 0 Å².